The molecule has 3 N–H and O–H groups in total. The lowest BCUT2D eigenvalue weighted by atomic mass is 9.74. The van der Waals surface area contributed by atoms with Gasteiger partial charge in [-0.25, -0.2) is 0 Å². The van der Waals surface area contributed by atoms with Gasteiger partial charge in [0.1, 0.15) is 0 Å². The molecule has 106 valence electrons. The third-order valence-corrected chi connectivity index (χ3v) is 3.90. The molecule has 2 rings (SSSR count). The van der Waals surface area contributed by atoms with Crippen molar-refractivity contribution in [1.29, 1.82) is 0 Å². The number of halogens is 2. The summed E-state index contributed by atoms with van der Waals surface area (Å²) >= 11 is 5.89. The third-order valence-electron chi connectivity index (χ3n) is 3.66. The van der Waals surface area contributed by atoms with Crippen molar-refractivity contribution >= 4 is 35.6 Å². The standard InChI is InChI=1S/C14H19ClN2O.ClH/c1-14(16)8-3-2-7-12(14)13(18)17-11-6-4-5-10(15)9-11;/h4-6,9,12H,2-3,7-8,16H2,1H3,(H,17,18);1H. The predicted octanol–water partition coefficient (Wildman–Crippen LogP) is 3.61. The van der Waals surface area contributed by atoms with Crippen molar-refractivity contribution in [2.75, 3.05) is 5.32 Å². The number of rotatable bonds is 2. The van der Waals surface area contributed by atoms with Crippen molar-refractivity contribution in [3.8, 4) is 0 Å². The summed E-state index contributed by atoms with van der Waals surface area (Å²) in [5, 5.41) is 3.52. The van der Waals surface area contributed by atoms with E-state index in [9.17, 15) is 4.79 Å². The van der Waals surface area contributed by atoms with E-state index in [1.165, 1.54) is 0 Å². The summed E-state index contributed by atoms with van der Waals surface area (Å²) in [6.07, 6.45) is 3.94. The van der Waals surface area contributed by atoms with Gasteiger partial charge >= 0.3 is 0 Å². The van der Waals surface area contributed by atoms with Gasteiger partial charge in [-0.3, -0.25) is 4.79 Å². The third kappa shape index (κ3) is 4.10. The molecule has 2 atom stereocenters. The van der Waals surface area contributed by atoms with E-state index < -0.39 is 5.54 Å². The molecule has 0 radical (unpaired) electrons. The number of benzene rings is 1. The number of hydrogen-bond acceptors (Lipinski definition) is 2. The lowest BCUT2D eigenvalue weighted by Crippen LogP contribution is -2.51. The number of carbonyl (C=O) groups is 1. The fourth-order valence-corrected chi connectivity index (χ4v) is 2.77. The van der Waals surface area contributed by atoms with Crippen LogP contribution in [0.15, 0.2) is 24.3 Å². The van der Waals surface area contributed by atoms with E-state index >= 15 is 0 Å². The smallest absolute Gasteiger partial charge is 0.229 e. The molecule has 0 aliphatic heterocycles. The minimum atomic E-state index is -0.402. The van der Waals surface area contributed by atoms with Gasteiger partial charge in [-0.15, -0.1) is 12.4 Å². The second-order valence-corrected chi connectivity index (χ2v) is 5.74. The van der Waals surface area contributed by atoms with Gasteiger partial charge < -0.3 is 11.1 Å². The number of nitrogens with one attached hydrogen (secondary N) is 1. The summed E-state index contributed by atoms with van der Waals surface area (Å²) in [4.78, 5) is 12.3. The van der Waals surface area contributed by atoms with E-state index in [-0.39, 0.29) is 24.2 Å². The van der Waals surface area contributed by atoms with Gasteiger partial charge in [0.15, 0.2) is 0 Å². The quantitative estimate of drug-likeness (QED) is 0.877. The summed E-state index contributed by atoms with van der Waals surface area (Å²) in [5.41, 5.74) is 6.55. The molecule has 0 spiro atoms. The zero-order valence-electron chi connectivity index (χ0n) is 11.0. The zero-order valence-corrected chi connectivity index (χ0v) is 12.6. The Morgan fingerprint density at radius 1 is 1.47 bits per heavy atom. The second kappa shape index (κ2) is 6.60. The molecule has 0 aromatic heterocycles. The normalized spacial score (nSPS) is 26.4. The van der Waals surface area contributed by atoms with Crippen LogP contribution in [-0.2, 0) is 4.79 Å². The molecular formula is C14H20Cl2N2O. The Kier molecular flexibility index (Phi) is 5.65. The molecule has 5 heteroatoms. The van der Waals surface area contributed by atoms with Crippen LogP contribution in [-0.4, -0.2) is 11.4 Å². The van der Waals surface area contributed by atoms with Gasteiger partial charge in [0.05, 0.1) is 5.92 Å². The molecule has 0 heterocycles. The van der Waals surface area contributed by atoms with Crippen molar-refractivity contribution in [3.05, 3.63) is 29.3 Å². The van der Waals surface area contributed by atoms with Crippen molar-refractivity contribution in [2.24, 2.45) is 11.7 Å². The Morgan fingerprint density at radius 3 is 2.84 bits per heavy atom. The summed E-state index contributed by atoms with van der Waals surface area (Å²) in [7, 11) is 0. The predicted molar refractivity (Wildman–Crippen MR) is 81.9 cm³/mol. The number of nitrogens with two attached hydrogens (primary N) is 1. The molecule has 1 aromatic rings. The molecule has 1 aromatic carbocycles. The maximum atomic E-state index is 12.3. The van der Waals surface area contributed by atoms with Crippen LogP contribution < -0.4 is 11.1 Å². The first-order chi connectivity index (χ1) is 8.49. The van der Waals surface area contributed by atoms with E-state index in [1.54, 1.807) is 12.1 Å². The highest BCUT2D eigenvalue weighted by atomic mass is 35.5. The molecule has 1 aliphatic rings. The minimum absolute atomic E-state index is 0. The maximum Gasteiger partial charge on any atom is 0.229 e. The highest BCUT2D eigenvalue weighted by Crippen LogP contribution is 2.32. The van der Waals surface area contributed by atoms with Crippen LogP contribution in [0.5, 0.6) is 0 Å². The summed E-state index contributed by atoms with van der Waals surface area (Å²) in [5.74, 6) is -0.118. The van der Waals surface area contributed by atoms with Crippen LogP contribution >= 0.6 is 24.0 Å². The fraction of sp³-hybridized carbons (Fsp3) is 0.500. The molecule has 2 unspecified atom stereocenters. The van der Waals surface area contributed by atoms with Crippen molar-refractivity contribution in [1.82, 2.24) is 0 Å². The van der Waals surface area contributed by atoms with E-state index in [0.29, 0.717) is 5.02 Å². The first kappa shape index (κ1) is 16.3. The fourth-order valence-electron chi connectivity index (χ4n) is 2.58. The Balaban J connectivity index is 0.00000180. The van der Waals surface area contributed by atoms with Crippen molar-refractivity contribution in [2.45, 2.75) is 38.1 Å². The molecule has 0 saturated heterocycles. The number of amides is 1. The van der Waals surface area contributed by atoms with E-state index in [0.717, 1.165) is 31.4 Å². The molecule has 1 aliphatic carbocycles. The largest absolute Gasteiger partial charge is 0.326 e. The topological polar surface area (TPSA) is 55.1 Å². The van der Waals surface area contributed by atoms with Gasteiger partial charge in [0.25, 0.3) is 0 Å². The average Bonchev–Trinajstić information content (AvgIpc) is 2.28. The first-order valence-electron chi connectivity index (χ1n) is 6.34. The molecule has 1 fully saturated rings. The zero-order chi connectivity index (χ0) is 13.2. The Hall–Kier alpha value is -0.770. The van der Waals surface area contributed by atoms with Gasteiger partial charge in [-0.1, -0.05) is 30.5 Å². The lowest BCUT2D eigenvalue weighted by molar-refractivity contribution is -0.122. The Bertz CT molecular complexity index is 449. The van der Waals surface area contributed by atoms with E-state index in [1.807, 2.05) is 19.1 Å². The van der Waals surface area contributed by atoms with E-state index in [2.05, 4.69) is 5.32 Å². The van der Waals surface area contributed by atoms with Gasteiger partial charge in [-0.05, 0) is 38.0 Å². The van der Waals surface area contributed by atoms with Gasteiger partial charge in [0.2, 0.25) is 5.91 Å². The van der Waals surface area contributed by atoms with Crippen LogP contribution in [0.1, 0.15) is 32.6 Å². The highest BCUT2D eigenvalue weighted by molar-refractivity contribution is 6.30. The van der Waals surface area contributed by atoms with E-state index in [4.69, 9.17) is 17.3 Å². The van der Waals surface area contributed by atoms with Crippen LogP contribution in [0.25, 0.3) is 0 Å². The lowest BCUT2D eigenvalue weighted by Gasteiger charge is -2.37. The molecule has 0 bridgehead atoms. The average molecular weight is 303 g/mol. The number of hydrogen-bond donors (Lipinski definition) is 2. The van der Waals surface area contributed by atoms with Crippen molar-refractivity contribution in [3.63, 3.8) is 0 Å². The van der Waals surface area contributed by atoms with Crippen molar-refractivity contribution < 1.29 is 4.79 Å². The van der Waals surface area contributed by atoms with Gasteiger partial charge in [-0.2, -0.15) is 0 Å². The SMILES string of the molecule is CC1(N)CCCCC1C(=O)Nc1cccc(Cl)c1.Cl. The summed E-state index contributed by atoms with van der Waals surface area (Å²) in [6, 6.07) is 7.18. The maximum absolute atomic E-state index is 12.3. The number of anilines is 1. The molecule has 1 amide bonds. The molecule has 1 saturated carbocycles. The summed E-state index contributed by atoms with van der Waals surface area (Å²) < 4.78 is 0. The monoisotopic (exact) mass is 302 g/mol. The first-order valence-corrected chi connectivity index (χ1v) is 6.72. The van der Waals surface area contributed by atoms with Gasteiger partial charge in [0, 0.05) is 16.2 Å². The summed E-state index contributed by atoms with van der Waals surface area (Å²) in [6.45, 7) is 1.97. The highest BCUT2D eigenvalue weighted by Gasteiger charge is 2.37. The van der Waals surface area contributed by atoms with Crippen LogP contribution in [0.4, 0.5) is 5.69 Å². The molecule has 3 nitrogen and oxygen atoms in total. The van der Waals surface area contributed by atoms with Crippen LogP contribution in [0.3, 0.4) is 0 Å². The molecule has 19 heavy (non-hydrogen) atoms. The minimum Gasteiger partial charge on any atom is -0.326 e. The second-order valence-electron chi connectivity index (χ2n) is 5.30. The Morgan fingerprint density at radius 2 is 2.21 bits per heavy atom. The Labute approximate surface area is 125 Å². The van der Waals surface area contributed by atoms with Crippen LogP contribution in [0, 0.1) is 5.92 Å². The van der Waals surface area contributed by atoms with Crippen LogP contribution in [0.2, 0.25) is 5.02 Å². The molecular weight excluding hydrogens is 283 g/mol. The number of carbonyl (C=O) groups excluding carboxylic acids is 1.